The zero-order valence-corrected chi connectivity index (χ0v) is 29.3. The van der Waals surface area contributed by atoms with Crippen LogP contribution in [0.3, 0.4) is 0 Å². The quantitative estimate of drug-likeness (QED) is 0.138. The smallest absolute Gasteiger partial charge is 0.410 e. The first-order valence-corrected chi connectivity index (χ1v) is 17.4. The summed E-state index contributed by atoms with van der Waals surface area (Å²) in [5.41, 5.74) is 4.95. The van der Waals surface area contributed by atoms with Gasteiger partial charge in [0.2, 0.25) is 0 Å². The van der Waals surface area contributed by atoms with Gasteiger partial charge in [-0.15, -0.1) is 0 Å². The zero-order chi connectivity index (χ0) is 34.4. The lowest BCUT2D eigenvalue weighted by Crippen LogP contribution is -2.36. The highest BCUT2D eigenvalue weighted by molar-refractivity contribution is 5.81. The van der Waals surface area contributed by atoms with Crippen LogP contribution in [0.15, 0.2) is 48.8 Å². The first-order valence-electron chi connectivity index (χ1n) is 17.4. The number of nitrogens with one attached hydrogen (secondary N) is 2. The molecule has 4 aromatic rings. The van der Waals surface area contributed by atoms with Gasteiger partial charge < -0.3 is 33.7 Å². The second-order valence-electron chi connectivity index (χ2n) is 13.8. The summed E-state index contributed by atoms with van der Waals surface area (Å²) in [6, 6.07) is 12.2. The second kappa shape index (κ2) is 15.5. The molecule has 2 aromatic heterocycles. The topological polar surface area (TPSA) is 124 Å². The van der Waals surface area contributed by atoms with Crippen LogP contribution in [0.4, 0.5) is 4.79 Å². The molecule has 6 rings (SSSR count). The zero-order valence-electron chi connectivity index (χ0n) is 29.3. The highest BCUT2D eigenvalue weighted by Crippen LogP contribution is 2.42. The number of carbonyl (C=O) groups excluding carboxylic acids is 1. The number of likely N-dealkylation sites (tertiary alicyclic amines) is 1. The Balaban J connectivity index is 1.30. The third kappa shape index (κ3) is 8.28. The molecule has 11 heteroatoms. The molecule has 3 heterocycles. The van der Waals surface area contributed by atoms with Crippen molar-refractivity contribution in [3.63, 3.8) is 0 Å². The number of imidazole rings is 2. The highest BCUT2D eigenvalue weighted by Gasteiger charge is 2.35. The van der Waals surface area contributed by atoms with Crippen LogP contribution in [0.1, 0.15) is 82.9 Å². The van der Waals surface area contributed by atoms with E-state index in [-0.39, 0.29) is 12.1 Å². The molecule has 2 fully saturated rings. The van der Waals surface area contributed by atoms with E-state index in [4.69, 9.17) is 33.7 Å². The molecule has 1 saturated carbocycles. The fraction of sp³-hybridized carbons (Fsp3) is 0.500. The number of amides is 1. The molecule has 1 amide bonds. The molecular formula is C38H49N5O6. The molecule has 2 aliphatic rings. The monoisotopic (exact) mass is 671 g/mol. The fourth-order valence-electron chi connectivity index (χ4n) is 6.67. The number of benzene rings is 2. The van der Waals surface area contributed by atoms with Crippen molar-refractivity contribution in [2.24, 2.45) is 0 Å². The van der Waals surface area contributed by atoms with Crippen LogP contribution in [0.5, 0.6) is 11.5 Å². The predicted molar refractivity (Wildman–Crippen MR) is 188 cm³/mol. The van der Waals surface area contributed by atoms with E-state index in [9.17, 15) is 4.79 Å². The van der Waals surface area contributed by atoms with Crippen LogP contribution in [0.25, 0.3) is 33.6 Å². The summed E-state index contributed by atoms with van der Waals surface area (Å²) in [5.74, 6) is 3.72. The number of nitrogens with zero attached hydrogens (tertiary/aromatic N) is 3. The minimum atomic E-state index is -0.563. The average Bonchev–Trinajstić information content (AvgIpc) is 3.91. The Morgan fingerprint density at radius 3 is 1.88 bits per heavy atom. The molecule has 0 radical (unpaired) electrons. The molecule has 49 heavy (non-hydrogen) atoms. The van der Waals surface area contributed by atoms with Gasteiger partial charge in [0.05, 0.1) is 43.0 Å². The number of hydrogen-bond donors (Lipinski definition) is 2. The average molecular weight is 672 g/mol. The van der Waals surface area contributed by atoms with Crippen LogP contribution in [-0.2, 0) is 14.2 Å². The van der Waals surface area contributed by atoms with Gasteiger partial charge in [-0.25, -0.2) is 14.8 Å². The van der Waals surface area contributed by atoms with Crippen molar-refractivity contribution in [1.29, 1.82) is 0 Å². The van der Waals surface area contributed by atoms with Crippen molar-refractivity contribution in [3.8, 4) is 45.1 Å². The maximum absolute atomic E-state index is 12.9. The van der Waals surface area contributed by atoms with E-state index < -0.39 is 5.60 Å². The standard InChI is InChI=1S/C38H49N5O6/c1-38(2,3)49-37(44)43-16-8-11-32(43)36-40-24-31(42-36)27-13-15-29(34(22-27)48-20-18-46-5)28-14-12-26(21-33(28)47-19-17-45-4)30-23-39-35(41-30)25-9-6-7-10-25/h12-15,21-25,32H,6-11,16-20H2,1-5H3,(H,39,41)(H,40,42)/t32-/m0/s1. The molecule has 0 spiro atoms. The predicted octanol–water partition coefficient (Wildman–Crippen LogP) is 7.91. The molecule has 2 N–H and O–H groups in total. The van der Waals surface area contributed by atoms with Crippen LogP contribution in [0.2, 0.25) is 0 Å². The Labute approximate surface area is 288 Å². The van der Waals surface area contributed by atoms with E-state index in [1.165, 1.54) is 25.7 Å². The lowest BCUT2D eigenvalue weighted by Gasteiger charge is -2.27. The van der Waals surface area contributed by atoms with E-state index in [2.05, 4.69) is 28.2 Å². The molecule has 0 bridgehead atoms. The Bertz CT molecular complexity index is 1700. The van der Waals surface area contributed by atoms with Crippen molar-refractivity contribution in [1.82, 2.24) is 24.8 Å². The molecule has 1 aliphatic heterocycles. The van der Waals surface area contributed by atoms with Crippen molar-refractivity contribution >= 4 is 6.09 Å². The molecule has 1 aliphatic carbocycles. The summed E-state index contributed by atoms with van der Waals surface area (Å²) in [7, 11) is 3.32. The molecule has 1 saturated heterocycles. The van der Waals surface area contributed by atoms with Gasteiger partial charge in [-0.2, -0.15) is 0 Å². The largest absolute Gasteiger partial charge is 0.491 e. The normalized spacial score (nSPS) is 16.8. The van der Waals surface area contributed by atoms with E-state index in [1.54, 1.807) is 19.1 Å². The number of H-pyrrole nitrogens is 2. The number of aromatic amines is 2. The van der Waals surface area contributed by atoms with Gasteiger partial charge in [0.25, 0.3) is 0 Å². The van der Waals surface area contributed by atoms with Crippen LogP contribution in [-0.4, -0.2) is 83.7 Å². The molecule has 11 nitrogen and oxygen atoms in total. The number of aromatic nitrogens is 4. The third-order valence-electron chi connectivity index (χ3n) is 9.09. The highest BCUT2D eigenvalue weighted by atomic mass is 16.6. The Morgan fingerprint density at radius 1 is 0.776 bits per heavy atom. The van der Waals surface area contributed by atoms with Gasteiger partial charge in [0.15, 0.2) is 0 Å². The summed E-state index contributed by atoms with van der Waals surface area (Å²) in [5, 5.41) is 0. The molecule has 0 unspecified atom stereocenters. The second-order valence-corrected chi connectivity index (χ2v) is 13.8. The molecule has 2 aromatic carbocycles. The van der Waals surface area contributed by atoms with E-state index in [1.807, 2.05) is 51.4 Å². The summed E-state index contributed by atoms with van der Waals surface area (Å²) < 4.78 is 28.9. The number of hydrogen-bond acceptors (Lipinski definition) is 8. The van der Waals surface area contributed by atoms with Gasteiger partial charge in [-0.3, -0.25) is 4.90 Å². The minimum absolute atomic E-state index is 0.172. The fourth-order valence-corrected chi connectivity index (χ4v) is 6.67. The Morgan fingerprint density at radius 2 is 1.33 bits per heavy atom. The maximum atomic E-state index is 12.9. The maximum Gasteiger partial charge on any atom is 0.410 e. The van der Waals surface area contributed by atoms with Crippen LogP contribution >= 0.6 is 0 Å². The first-order chi connectivity index (χ1) is 23.7. The van der Waals surface area contributed by atoms with Crippen molar-refractivity contribution < 1.29 is 28.5 Å². The summed E-state index contributed by atoms with van der Waals surface area (Å²) in [6.45, 7) is 7.97. The lowest BCUT2D eigenvalue weighted by molar-refractivity contribution is 0.0218. The number of carbonyl (C=O) groups is 1. The Hall–Kier alpha value is -4.35. The number of ether oxygens (including phenoxy) is 5. The van der Waals surface area contributed by atoms with E-state index >= 15 is 0 Å². The van der Waals surface area contributed by atoms with Crippen LogP contribution in [0, 0.1) is 0 Å². The molecule has 1 atom stereocenters. The van der Waals surface area contributed by atoms with Crippen molar-refractivity contribution in [2.45, 2.75) is 76.9 Å². The molecular weight excluding hydrogens is 622 g/mol. The van der Waals surface area contributed by atoms with Gasteiger partial charge >= 0.3 is 6.09 Å². The van der Waals surface area contributed by atoms with Crippen molar-refractivity contribution in [3.05, 3.63) is 60.4 Å². The van der Waals surface area contributed by atoms with Gasteiger partial charge in [-0.05, 0) is 70.7 Å². The Kier molecular flexibility index (Phi) is 10.9. The van der Waals surface area contributed by atoms with Gasteiger partial charge in [0, 0.05) is 48.9 Å². The SMILES string of the molecule is COCCOc1cc(-c2cnc(C3CCCC3)[nH]2)ccc1-c1ccc(-c2cnc([C@@H]3CCCN3C(=O)OC(C)(C)C)[nH]2)cc1OCCOC. The minimum Gasteiger partial charge on any atom is -0.491 e. The number of rotatable bonds is 13. The van der Waals surface area contributed by atoms with Gasteiger partial charge in [-0.1, -0.05) is 25.0 Å². The van der Waals surface area contributed by atoms with E-state index in [0.29, 0.717) is 44.6 Å². The van der Waals surface area contributed by atoms with Crippen LogP contribution < -0.4 is 9.47 Å². The van der Waals surface area contributed by atoms with E-state index in [0.717, 1.165) is 63.9 Å². The third-order valence-corrected chi connectivity index (χ3v) is 9.09. The molecule has 262 valence electrons. The van der Waals surface area contributed by atoms with Gasteiger partial charge in [0.1, 0.15) is 42.0 Å². The van der Waals surface area contributed by atoms with Crippen molar-refractivity contribution in [2.75, 3.05) is 47.2 Å². The first kappa shape index (κ1) is 34.5. The summed E-state index contributed by atoms with van der Waals surface area (Å²) in [4.78, 5) is 31.2. The number of methoxy groups -OCH3 is 2. The summed E-state index contributed by atoms with van der Waals surface area (Å²) in [6.07, 6.45) is 10.0. The summed E-state index contributed by atoms with van der Waals surface area (Å²) >= 11 is 0. The lowest BCUT2D eigenvalue weighted by atomic mass is 9.98.